The minimum absolute atomic E-state index is 0.255. The number of hydrogen-bond acceptors (Lipinski definition) is 5. The van der Waals surface area contributed by atoms with Crippen molar-refractivity contribution in [3.05, 3.63) is 0 Å². The molecule has 13 heavy (non-hydrogen) atoms. The number of carboxylic acids is 1. The Morgan fingerprint density at radius 1 is 1.46 bits per heavy atom. The first kappa shape index (κ1) is 10.4. The van der Waals surface area contributed by atoms with Crippen LogP contribution in [0.1, 0.15) is 6.42 Å². The summed E-state index contributed by atoms with van der Waals surface area (Å²) in [4.78, 5) is 10.3. The Hall–Kier alpha value is -0.690. The summed E-state index contributed by atoms with van der Waals surface area (Å²) >= 11 is 0. The van der Waals surface area contributed by atoms with Crippen molar-refractivity contribution in [2.45, 2.75) is 30.8 Å². The SMILES string of the molecule is N[C@H]1[C@@H](O)[C@@H](CO)O[C@@H]1CC(=O)O. The molecule has 1 aliphatic heterocycles. The standard InChI is InChI=1S/C7H13NO5/c8-6-3(1-5(10)11)13-4(2-9)7(6)12/h3-4,6-7,9,12H,1-2,8H2,(H,10,11)/t3-,4-,6-,7+/m1/s1. The fraction of sp³-hybridized carbons (Fsp3) is 0.857. The lowest BCUT2D eigenvalue weighted by Gasteiger charge is -2.12. The van der Waals surface area contributed by atoms with Gasteiger partial charge in [-0.25, -0.2) is 0 Å². The Balaban J connectivity index is 2.55. The van der Waals surface area contributed by atoms with Crippen molar-refractivity contribution >= 4 is 5.97 Å². The van der Waals surface area contributed by atoms with Crippen LogP contribution in [0.25, 0.3) is 0 Å². The molecule has 0 radical (unpaired) electrons. The van der Waals surface area contributed by atoms with Crippen molar-refractivity contribution in [2.75, 3.05) is 6.61 Å². The first-order chi connectivity index (χ1) is 6.06. The van der Waals surface area contributed by atoms with Gasteiger partial charge >= 0.3 is 5.97 Å². The molecule has 5 N–H and O–H groups in total. The highest BCUT2D eigenvalue weighted by molar-refractivity contribution is 5.67. The summed E-state index contributed by atoms with van der Waals surface area (Å²) in [6.45, 7) is -0.356. The van der Waals surface area contributed by atoms with E-state index in [2.05, 4.69) is 0 Å². The highest BCUT2D eigenvalue weighted by atomic mass is 16.5. The van der Waals surface area contributed by atoms with Crippen molar-refractivity contribution in [3.63, 3.8) is 0 Å². The third kappa shape index (κ3) is 2.16. The third-order valence-electron chi connectivity index (χ3n) is 2.11. The second kappa shape index (κ2) is 4.01. The van der Waals surface area contributed by atoms with Gasteiger partial charge in [0, 0.05) is 0 Å². The summed E-state index contributed by atoms with van der Waals surface area (Å²) in [5.41, 5.74) is 5.49. The second-order valence-electron chi connectivity index (χ2n) is 3.06. The highest BCUT2D eigenvalue weighted by Gasteiger charge is 2.41. The summed E-state index contributed by atoms with van der Waals surface area (Å²) in [6.07, 6.45) is -2.73. The van der Waals surface area contributed by atoms with E-state index in [1.807, 2.05) is 0 Å². The van der Waals surface area contributed by atoms with Gasteiger partial charge in [0.05, 0.1) is 25.2 Å². The fourth-order valence-corrected chi connectivity index (χ4v) is 1.37. The summed E-state index contributed by atoms with van der Waals surface area (Å²) in [5, 5.41) is 26.5. The Morgan fingerprint density at radius 2 is 2.08 bits per heavy atom. The molecule has 0 amide bonds. The van der Waals surface area contributed by atoms with Crippen LogP contribution in [0.2, 0.25) is 0 Å². The van der Waals surface area contributed by atoms with E-state index < -0.39 is 30.3 Å². The number of carbonyl (C=O) groups is 1. The topological polar surface area (TPSA) is 113 Å². The van der Waals surface area contributed by atoms with Gasteiger partial charge in [-0.1, -0.05) is 0 Å². The monoisotopic (exact) mass is 191 g/mol. The van der Waals surface area contributed by atoms with Gasteiger partial charge in [-0.2, -0.15) is 0 Å². The normalized spacial score (nSPS) is 39.3. The van der Waals surface area contributed by atoms with E-state index in [4.69, 9.17) is 20.7 Å². The van der Waals surface area contributed by atoms with Crippen LogP contribution in [0.15, 0.2) is 0 Å². The van der Waals surface area contributed by atoms with Crippen LogP contribution in [0.4, 0.5) is 0 Å². The van der Waals surface area contributed by atoms with Crippen molar-refractivity contribution in [2.24, 2.45) is 5.73 Å². The molecule has 6 nitrogen and oxygen atoms in total. The van der Waals surface area contributed by atoms with Gasteiger partial charge in [-0.15, -0.1) is 0 Å². The molecular formula is C7H13NO5. The average molecular weight is 191 g/mol. The van der Waals surface area contributed by atoms with E-state index in [0.29, 0.717) is 0 Å². The number of aliphatic carboxylic acids is 1. The lowest BCUT2D eigenvalue weighted by Crippen LogP contribution is -2.41. The van der Waals surface area contributed by atoms with Crippen LogP contribution in [-0.4, -0.2) is 52.2 Å². The predicted molar refractivity (Wildman–Crippen MR) is 42.0 cm³/mol. The quantitative estimate of drug-likeness (QED) is 0.407. The maximum absolute atomic E-state index is 10.3. The molecule has 4 atom stereocenters. The Labute approximate surface area is 74.9 Å². The van der Waals surface area contributed by atoms with E-state index >= 15 is 0 Å². The number of carboxylic acid groups (broad SMARTS) is 1. The maximum atomic E-state index is 10.3. The van der Waals surface area contributed by atoms with Gasteiger partial charge in [-0.3, -0.25) is 4.79 Å². The van der Waals surface area contributed by atoms with Crippen LogP contribution >= 0.6 is 0 Å². The average Bonchev–Trinajstić information content (AvgIpc) is 2.32. The highest BCUT2D eigenvalue weighted by Crippen LogP contribution is 2.21. The molecule has 1 saturated heterocycles. The molecule has 1 rings (SSSR count). The van der Waals surface area contributed by atoms with Gasteiger partial charge in [0.25, 0.3) is 0 Å². The zero-order valence-corrected chi connectivity index (χ0v) is 6.96. The molecule has 0 bridgehead atoms. The first-order valence-corrected chi connectivity index (χ1v) is 3.98. The van der Waals surface area contributed by atoms with Crippen molar-refractivity contribution < 1.29 is 24.9 Å². The van der Waals surface area contributed by atoms with Crippen molar-refractivity contribution in [1.29, 1.82) is 0 Å². The molecule has 1 fully saturated rings. The zero-order chi connectivity index (χ0) is 10.0. The number of aliphatic hydroxyl groups excluding tert-OH is 2. The van der Waals surface area contributed by atoms with Gasteiger partial charge < -0.3 is 25.8 Å². The van der Waals surface area contributed by atoms with Crippen LogP contribution in [0, 0.1) is 0 Å². The third-order valence-corrected chi connectivity index (χ3v) is 2.11. The van der Waals surface area contributed by atoms with Gasteiger partial charge in [0.2, 0.25) is 0 Å². The largest absolute Gasteiger partial charge is 0.481 e. The van der Waals surface area contributed by atoms with Crippen LogP contribution in [-0.2, 0) is 9.53 Å². The minimum Gasteiger partial charge on any atom is -0.481 e. The summed E-state index contributed by atoms with van der Waals surface area (Å²) in [6, 6.07) is -0.742. The van der Waals surface area contributed by atoms with Crippen molar-refractivity contribution in [1.82, 2.24) is 0 Å². The molecule has 0 aromatic carbocycles. The molecule has 1 aliphatic rings. The van der Waals surface area contributed by atoms with Gasteiger partial charge in [0.15, 0.2) is 0 Å². The van der Waals surface area contributed by atoms with Crippen LogP contribution < -0.4 is 5.73 Å². The first-order valence-electron chi connectivity index (χ1n) is 3.98. The Morgan fingerprint density at radius 3 is 2.46 bits per heavy atom. The smallest absolute Gasteiger partial charge is 0.306 e. The summed E-state index contributed by atoms with van der Waals surface area (Å²) in [7, 11) is 0. The van der Waals surface area contributed by atoms with E-state index in [-0.39, 0.29) is 13.0 Å². The Bertz CT molecular complexity index is 197. The zero-order valence-electron chi connectivity index (χ0n) is 6.96. The van der Waals surface area contributed by atoms with Crippen molar-refractivity contribution in [3.8, 4) is 0 Å². The molecule has 6 heteroatoms. The second-order valence-corrected chi connectivity index (χ2v) is 3.06. The number of aliphatic hydroxyl groups is 2. The minimum atomic E-state index is -1.04. The predicted octanol–water partition coefficient (Wildman–Crippen LogP) is -2.09. The molecule has 0 unspecified atom stereocenters. The molecule has 0 spiro atoms. The van der Waals surface area contributed by atoms with E-state index in [9.17, 15) is 9.90 Å². The number of nitrogens with two attached hydrogens (primary N) is 1. The lowest BCUT2D eigenvalue weighted by molar-refractivity contribution is -0.140. The molecule has 0 aromatic rings. The van der Waals surface area contributed by atoms with Crippen LogP contribution in [0.3, 0.4) is 0 Å². The molecule has 0 aliphatic carbocycles. The maximum Gasteiger partial charge on any atom is 0.306 e. The molecule has 76 valence electrons. The summed E-state index contributed by atoms with van der Waals surface area (Å²) in [5.74, 6) is -1.04. The molecule has 0 aromatic heterocycles. The molecular weight excluding hydrogens is 178 g/mol. The Kier molecular flexibility index (Phi) is 3.21. The lowest BCUT2D eigenvalue weighted by atomic mass is 10.0. The van der Waals surface area contributed by atoms with E-state index in [1.54, 1.807) is 0 Å². The fourth-order valence-electron chi connectivity index (χ4n) is 1.37. The molecule has 0 saturated carbocycles. The van der Waals surface area contributed by atoms with Gasteiger partial charge in [-0.05, 0) is 0 Å². The van der Waals surface area contributed by atoms with Crippen LogP contribution in [0.5, 0.6) is 0 Å². The number of rotatable bonds is 3. The van der Waals surface area contributed by atoms with Gasteiger partial charge in [0.1, 0.15) is 12.2 Å². The number of ether oxygens (including phenoxy) is 1. The molecule has 1 heterocycles. The van der Waals surface area contributed by atoms with E-state index in [0.717, 1.165) is 0 Å². The van der Waals surface area contributed by atoms with E-state index in [1.165, 1.54) is 0 Å². The summed E-state index contributed by atoms with van der Waals surface area (Å²) < 4.78 is 5.04. The number of hydrogen-bond donors (Lipinski definition) is 4.